The highest BCUT2D eigenvalue weighted by atomic mass is 16.5. The third-order valence-corrected chi connectivity index (χ3v) is 3.37. The van der Waals surface area contributed by atoms with Crippen LogP contribution in [0.5, 0.6) is 0 Å². The van der Waals surface area contributed by atoms with Gasteiger partial charge in [-0.15, -0.1) is 0 Å². The van der Waals surface area contributed by atoms with Crippen LogP contribution in [0.2, 0.25) is 0 Å². The lowest BCUT2D eigenvalue weighted by Gasteiger charge is -2.39. The first kappa shape index (κ1) is 12.6. The summed E-state index contributed by atoms with van der Waals surface area (Å²) in [5, 5.41) is 12.6. The Morgan fingerprint density at radius 2 is 2.24 bits per heavy atom. The largest absolute Gasteiger partial charge is 0.392 e. The van der Waals surface area contributed by atoms with Gasteiger partial charge in [0.1, 0.15) is 0 Å². The molecule has 1 heterocycles. The molecule has 1 saturated heterocycles. The number of benzene rings is 1. The minimum Gasteiger partial charge on any atom is -0.392 e. The van der Waals surface area contributed by atoms with Crippen LogP contribution in [0.25, 0.3) is 0 Å². The molecule has 0 aliphatic carbocycles. The van der Waals surface area contributed by atoms with Crippen LogP contribution in [0.4, 0.5) is 0 Å². The van der Waals surface area contributed by atoms with E-state index in [2.05, 4.69) is 31.3 Å². The van der Waals surface area contributed by atoms with Gasteiger partial charge in [0.2, 0.25) is 0 Å². The molecule has 1 fully saturated rings. The number of nitrogens with one attached hydrogen (secondary N) is 1. The summed E-state index contributed by atoms with van der Waals surface area (Å²) in [4.78, 5) is 0. The second-order valence-electron chi connectivity index (χ2n) is 5.31. The smallest absolute Gasteiger partial charge is 0.0681 e. The zero-order valence-electron chi connectivity index (χ0n) is 10.6. The van der Waals surface area contributed by atoms with Gasteiger partial charge in [-0.25, -0.2) is 0 Å². The Bertz CT molecular complexity index is 374. The molecule has 17 heavy (non-hydrogen) atoms. The van der Waals surface area contributed by atoms with Crippen molar-refractivity contribution in [1.29, 1.82) is 0 Å². The maximum absolute atomic E-state index is 9.11. The monoisotopic (exact) mass is 235 g/mol. The highest BCUT2D eigenvalue weighted by Crippen LogP contribution is 2.26. The summed E-state index contributed by atoms with van der Waals surface area (Å²) in [6, 6.07) is 8.39. The highest BCUT2D eigenvalue weighted by Gasteiger charge is 2.33. The molecule has 1 aromatic carbocycles. The Balaban J connectivity index is 1.91. The van der Waals surface area contributed by atoms with Crippen molar-refractivity contribution in [2.45, 2.75) is 26.5 Å². The van der Waals surface area contributed by atoms with Crippen molar-refractivity contribution in [3.05, 3.63) is 35.4 Å². The number of aliphatic hydroxyl groups is 1. The van der Waals surface area contributed by atoms with E-state index in [0.29, 0.717) is 11.5 Å². The predicted octanol–water partition coefficient (Wildman–Crippen LogP) is 1.87. The van der Waals surface area contributed by atoms with Gasteiger partial charge in [-0.1, -0.05) is 31.2 Å². The molecule has 0 saturated carbocycles. The lowest BCUT2D eigenvalue weighted by atomic mass is 9.88. The van der Waals surface area contributed by atoms with E-state index in [-0.39, 0.29) is 6.61 Å². The third-order valence-electron chi connectivity index (χ3n) is 3.37. The van der Waals surface area contributed by atoms with Gasteiger partial charge >= 0.3 is 0 Å². The molecule has 3 heteroatoms. The molecule has 1 atom stereocenters. The molecule has 1 aromatic rings. The lowest BCUT2D eigenvalue weighted by molar-refractivity contribution is -0.0999. The van der Waals surface area contributed by atoms with Gasteiger partial charge in [-0.05, 0) is 18.1 Å². The molecular formula is C14H21NO2. The standard InChI is InChI=1S/C14H21NO2/c1-11(15-8-14(2)9-17-10-14)13-5-3-4-12(6-13)7-16/h3-6,11,15-16H,7-10H2,1-2H3. The fraction of sp³-hybridized carbons (Fsp3) is 0.571. The second-order valence-corrected chi connectivity index (χ2v) is 5.31. The maximum atomic E-state index is 9.11. The van der Waals surface area contributed by atoms with Crippen molar-refractivity contribution in [2.75, 3.05) is 19.8 Å². The van der Waals surface area contributed by atoms with Crippen LogP contribution in [0.15, 0.2) is 24.3 Å². The molecule has 94 valence electrons. The number of hydrogen-bond donors (Lipinski definition) is 2. The van der Waals surface area contributed by atoms with Crippen molar-refractivity contribution >= 4 is 0 Å². The van der Waals surface area contributed by atoms with E-state index >= 15 is 0 Å². The third kappa shape index (κ3) is 3.06. The fourth-order valence-electron chi connectivity index (χ4n) is 2.03. The van der Waals surface area contributed by atoms with E-state index in [4.69, 9.17) is 9.84 Å². The molecule has 1 aliphatic rings. The Labute approximate surface area is 103 Å². The number of ether oxygens (including phenoxy) is 1. The summed E-state index contributed by atoms with van der Waals surface area (Å²) in [6.45, 7) is 7.16. The minimum absolute atomic E-state index is 0.103. The second kappa shape index (κ2) is 5.17. The van der Waals surface area contributed by atoms with Gasteiger partial charge in [-0.3, -0.25) is 0 Å². The number of aliphatic hydroxyl groups excluding tert-OH is 1. The predicted molar refractivity (Wildman–Crippen MR) is 67.7 cm³/mol. The quantitative estimate of drug-likeness (QED) is 0.818. The topological polar surface area (TPSA) is 41.5 Å². The first-order valence-electron chi connectivity index (χ1n) is 6.14. The summed E-state index contributed by atoms with van der Waals surface area (Å²) >= 11 is 0. The average molecular weight is 235 g/mol. The van der Waals surface area contributed by atoms with Crippen molar-refractivity contribution in [1.82, 2.24) is 5.32 Å². The lowest BCUT2D eigenvalue weighted by Crippen LogP contribution is -2.47. The molecule has 1 unspecified atom stereocenters. The Hall–Kier alpha value is -0.900. The van der Waals surface area contributed by atoms with Crippen LogP contribution < -0.4 is 5.32 Å². The Morgan fingerprint density at radius 3 is 2.82 bits per heavy atom. The zero-order valence-corrected chi connectivity index (χ0v) is 10.6. The van der Waals surface area contributed by atoms with Crippen molar-refractivity contribution in [2.24, 2.45) is 5.41 Å². The minimum atomic E-state index is 0.103. The van der Waals surface area contributed by atoms with E-state index in [9.17, 15) is 0 Å². The van der Waals surface area contributed by atoms with Crippen LogP contribution in [0, 0.1) is 5.41 Å². The SMILES string of the molecule is CC(NCC1(C)COC1)c1cccc(CO)c1. The molecular weight excluding hydrogens is 214 g/mol. The molecule has 0 radical (unpaired) electrons. The van der Waals surface area contributed by atoms with E-state index in [0.717, 1.165) is 25.3 Å². The first-order valence-corrected chi connectivity index (χ1v) is 6.14. The highest BCUT2D eigenvalue weighted by molar-refractivity contribution is 5.25. The average Bonchev–Trinajstić information content (AvgIpc) is 2.33. The zero-order chi connectivity index (χ0) is 12.3. The van der Waals surface area contributed by atoms with Crippen molar-refractivity contribution < 1.29 is 9.84 Å². The van der Waals surface area contributed by atoms with E-state index in [1.54, 1.807) is 0 Å². The summed E-state index contributed by atoms with van der Waals surface area (Å²) < 4.78 is 5.24. The molecule has 2 N–H and O–H groups in total. The Morgan fingerprint density at radius 1 is 1.47 bits per heavy atom. The van der Waals surface area contributed by atoms with Crippen LogP contribution in [0.1, 0.15) is 31.0 Å². The summed E-state index contributed by atoms with van der Waals surface area (Å²) in [5.41, 5.74) is 2.48. The molecule has 0 spiro atoms. The molecule has 2 rings (SSSR count). The fourth-order valence-corrected chi connectivity index (χ4v) is 2.03. The summed E-state index contributed by atoms with van der Waals surface area (Å²) in [7, 11) is 0. The van der Waals surface area contributed by atoms with Crippen LogP contribution >= 0.6 is 0 Å². The summed E-state index contributed by atoms with van der Waals surface area (Å²) in [5.74, 6) is 0. The molecule has 3 nitrogen and oxygen atoms in total. The number of hydrogen-bond acceptors (Lipinski definition) is 3. The molecule has 0 aromatic heterocycles. The van der Waals surface area contributed by atoms with Gasteiger partial charge in [-0.2, -0.15) is 0 Å². The van der Waals surface area contributed by atoms with Crippen molar-refractivity contribution in [3.63, 3.8) is 0 Å². The van der Waals surface area contributed by atoms with Crippen LogP contribution in [-0.2, 0) is 11.3 Å². The van der Waals surface area contributed by atoms with E-state index in [1.807, 2.05) is 12.1 Å². The van der Waals surface area contributed by atoms with Crippen LogP contribution in [0.3, 0.4) is 0 Å². The van der Waals surface area contributed by atoms with Gasteiger partial charge in [0, 0.05) is 18.0 Å². The normalized spacial score (nSPS) is 19.7. The van der Waals surface area contributed by atoms with Gasteiger partial charge in [0.15, 0.2) is 0 Å². The van der Waals surface area contributed by atoms with Crippen LogP contribution in [-0.4, -0.2) is 24.9 Å². The van der Waals surface area contributed by atoms with Gasteiger partial charge < -0.3 is 15.2 Å². The molecule has 1 aliphatic heterocycles. The van der Waals surface area contributed by atoms with Crippen molar-refractivity contribution in [3.8, 4) is 0 Å². The van der Waals surface area contributed by atoms with Gasteiger partial charge in [0.05, 0.1) is 19.8 Å². The van der Waals surface area contributed by atoms with E-state index in [1.165, 1.54) is 5.56 Å². The summed E-state index contributed by atoms with van der Waals surface area (Å²) in [6.07, 6.45) is 0. The number of rotatable bonds is 5. The molecule has 0 bridgehead atoms. The molecule has 0 amide bonds. The first-order chi connectivity index (χ1) is 8.13. The van der Waals surface area contributed by atoms with Gasteiger partial charge in [0.25, 0.3) is 0 Å². The maximum Gasteiger partial charge on any atom is 0.0681 e. The van der Waals surface area contributed by atoms with E-state index < -0.39 is 0 Å². The Kier molecular flexibility index (Phi) is 3.82.